The molecule has 2 atom stereocenters. The molecule has 0 saturated heterocycles. The van der Waals surface area contributed by atoms with Crippen molar-refractivity contribution in [3.63, 3.8) is 0 Å². The molecular formula is C12H22O7. The van der Waals surface area contributed by atoms with E-state index in [-0.39, 0.29) is 25.4 Å². The molecule has 19 heavy (non-hydrogen) atoms. The summed E-state index contributed by atoms with van der Waals surface area (Å²) in [5, 5.41) is 0. The van der Waals surface area contributed by atoms with Gasteiger partial charge in [0.2, 0.25) is 0 Å². The lowest BCUT2D eigenvalue weighted by Crippen LogP contribution is -2.19. The number of carbonyl (C=O) groups is 2. The molecule has 0 aliphatic heterocycles. The highest BCUT2D eigenvalue weighted by Gasteiger charge is 2.14. The van der Waals surface area contributed by atoms with Crippen LogP contribution in [0.2, 0.25) is 0 Å². The van der Waals surface area contributed by atoms with Gasteiger partial charge in [0.25, 0.3) is 0 Å². The van der Waals surface area contributed by atoms with Crippen molar-refractivity contribution in [3.8, 4) is 0 Å². The van der Waals surface area contributed by atoms with Crippen molar-refractivity contribution in [2.24, 2.45) is 0 Å². The summed E-state index contributed by atoms with van der Waals surface area (Å²) in [5.41, 5.74) is 0. The van der Waals surface area contributed by atoms with Crippen molar-refractivity contribution in [1.82, 2.24) is 0 Å². The summed E-state index contributed by atoms with van der Waals surface area (Å²) in [7, 11) is 3.11. The predicted molar refractivity (Wildman–Crippen MR) is 66.0 cm³/mol. The summed E-state index contributed by atoms with van der Waals surface area (Å²) in [6.45, 7) is 3.89. The molecule has 0 radical (unpaired) electrons. The number of carbonyl (C=O) groups excluding carboxylic acids is 2. The van der Waals surface area contributed by atoms with E-state index in [1.54, 1.807) is 14.2 Å². The Morgan fingerprint density at radius 1 is 0.842 bits per heavy atom. The Morgan fingerprint density at radius 3 is 1.53 bits per heavy atom. The normalized spacial score (nSPS) is 13.5. The van der Waals surface area contributed by atoms with Crippen LogP contribution in [0.1, 0.15) is 26.7 Å². The van der Waals surface area contributed by atoms with E-state index in [0.29, 0.717) is 12.8 Å². The van der Waals surface area contributed by atoms with Gasteiger partial charge >= 0.3 is 12.3 Å². The number of rotatable bonds is 8. The third kappa shape index (κ3) is 10.3. The van der Waals surface area contributed by atoms with E-state index in [4.69, 9.17) is 9.47 Å². The fourth-order valence-corrected chi connectivity index (χ4v) is 0.979. The van der Waals surface area contributed by atoms with Crippen molar-refractivity contribution in [1.29, 1.82) is 0 Å². The Kier molecular flexibility index (Phi) is 9.82. The molecule has 0 aromatic carbocycles. The van der Waals surface area contributed by atoms with E-state index < -0.39 is 12.3 Å². The Bertz CT molecular complexity index is 241. The second kappa shape index (κ2) is 10.6. The van der Waals surface area contributed by atoms with Gasteiger partial charge in [-0.2, -0.15) is 0 Å². The molecule has 0 saturated carbocycles. The largest absolute Gasteiger partial charge is 0.518 e. The van der Waals surface area contributed by atoms with Crippen LogP contribution in [0.3, 0.4) is 0 Å². The second-order valence-corrected chi connectivity index (χ2v) is 3.97. The molecule has 0 bridgehead atoms. The van der Waals surface area contributed by atoms with E-state index in [2.05, 4.69) is 14.2 Å². The molecule has 0 aliphatic carbocycles. The standard InChI is InChI=1S/C12H22O7/c1-9(15-3)5-7-17-11(13)19-12(14)18-8-6-10(2)16-4/h9-10H,5-8H2,1-4H3. The van der Waals surface area contributed by atoms with Crippen molar-refractivity contribution in [2.75, 3.05) is 27.4 Å². The molecule has 0 amide bonds. The average Bonchev–Trinajstić information content (AvgIpc) is 2.37. The van der Waals surface area contributed by atoms with Crippen LogP contribution in [0.15, 0.2) is 0 Å². The minimum Gasteiger partial charge on any atom is -0.434 e. The number of ether oxygens (including phenoxy) is 5. The maximum Gasteiger partial charge on any atom is 0.518 e. The third-order valence-corrected chi connectivity index (χ3v) is 2.46. The van der Waals surface area contributed by atoms with E-state index in [1.165, 1.54) is 0 Å². The maximum atomic E-state index is 11.1. The molecular weight excluding hydrogens is 256 g/mol. The van der Waals surface area contributed by atoms with Crippen LogP contribution >= 0.6 is 0 Å². The first-order valence-corrected chi connectivity index (χ1v) is 6.06. The van der Waals surface area contributed by atoms with Gasteiger partial charge in [-0.25, -0.2) is 9.59 Å². The lowest BCUT2D eigenvalue weighted by Gasteiger charge is -2.10. The molecule has 0 aliphatic rings. The molecule has 0 heterocycles. The summed E-state index contributed by atoms with van der Waals surface area (Å²) in [6, 6.07) is 0. The maximum absolute atomic E-state index is 11.1. The predicted octanol–water partition coefficient (Wildman–Crippen LogP) is 2.13. The van der Waals surface area contributed by atoms with Crippen LogP contribution in [-0.4, -0.2) is 52.0 Å². The fraction of sp³-hybridized carbons (Fsp3) is 0.833. The molecule has 7 nitrogen and oxygen atoms in total. The van der Waals surface area contributed by atoms with Crippen LogP contribution in [0, 0.1) is 0 Å². The fourth-order valence-electron chi connectivity index (χ4n) is 0.979. The monoisotopic (exact) mass is 278 g/mol. The second-order valence-electron chi connectivity index (χ2n) is 3.97. The number of hydrogen-bond donors (Lipinski definition) is 0. The van der Waals surface area contributed by atoms with Gasteiger partial charge in [0.05, 0.1) is 25.4 Å². The SMILES string of the molecule is COC(C)CCOC(=O)OC(=O)OCCC(C)OC. The zero-order chi connectivity index (χ0) is 14.7. The van der Waals surface area contributed by atoms with Crippen LogP contribution in [-0.2, 0) is 23.7 Å². The van der Waals surface area contributed by atoms with Crippen molar-refractivity contribution >= 4 is 12.3 Å². The molecule has 0 aromatic heterocycles. The molecule has 0 fully saturated rings. The first-order chi connectivity index (χ1) is 8.99. The molecule has 0 rings (SSSR count). The van der Waals surface area contributed by atoms with Gasteiger partial charge < -0.3 is 23.7 Å². The Hall–Kier alpha value is -1.34. The van der Waals surface area contributed by atoms with Crippen LogP contribution in [0.5, 0.6) is 0 Å². The number of methoxy groups -OCH3 is 2. The van der Waals surface area contributed by atoms with Gasteiger partial charge in [-0.05, 0) is 13.8 Å². The van der Waals surface area contributed by atoms with Crippen molar-refractivity contribution in [2.45, 2.75) is 38.9 Å². The van der Waals surface area contributed by atoms with E-state index in [0.717, 1.165) is 0 Å². The summed E-state index contributed by atoms with van der Waals surface area (Å²) in [5.74, 6) is 0. The third-order valence-electron chi connectivity index (χ3n) is 2.46. The zero-order valence-corrected chi connectivity index (χ0v) is 11.8. The summed E-state index contributed by atoms with van der Waals surface area (Å²) < 4.78 is 23.5. The number of hydrogen-bond acceptors (Lipinski definition) is 7. The summed E-state index contributed by atoms with van der Waals surface area (Å²) in [4.78, 5) is 22.1. The van der Waals surface area contributed by atoms with Crippen LogP contribution < -0.4 is 0 Å². The van der Waals surface area contributed by atoms with Crippen molar-refractivity contribution in [3.05, 3.63) is 0 Å². The first-order valence-electron chi connectivity index (χ1n) is 6.06. The lowest BCUT2D eigenvalue weighted by atomic mass is 10.3. The van der Waals surface area contributed by atoms with Gasteiger partial charge in [-0.3, -0.25) is 0 Å². The molecule has 0 spiro atoms. The smallest absolute Gasteiger partial charge is 0.434 e. The average molecular weight is 278 g/mol. The minimum atomic E-state index is -1.08. The Morgan fingerprint density at radius 2 is 1.21 bits per heavy atom. The van der Waals surface area contributed by atoms with E-state index in [1.807, 2.05) is 13.8 Å². The topological polar surface area (TPSA) is 80.3 Å². The quantitative estimate of drug-likeness (QED) is 0.497. The first kappa shape index (κ1) is 17.7. The summed E-state index contributed by atoms with van der Waals surface area (Å²) >= 11 is 0. The van der Waals surface area contributed by atoms with Gasteiger partial charge in [-0.1, -0.05) is 0 Å². The Balaban J connectivity index is 3.61. The van der Waals surface area contributed by atoms with Crippen molar-refractivity contribution < 1.29 is 33.3 Å². The zero-order valence-electron chi connectivity index (χ0n) is 11.8. The summed E-state index contributed by atoms with van der Waals surface area (Å²) in [6.07, 6.45) is -1.18. The van der Waals surface area contributed by atoms with Gasteiger partial charge in [0, 0.05) is 27.1 Å². The molecule has 2 unspecified atom stereocenters. The van der Waals surface area contributed by atoms with Crippen LogP contribution in [0.4, 0.5) is 9.59 Å². The molecule has 112 valence electrons. The van der Waals surface area contributed by atoms with Gasteiger partial charge in [0.1, 0.15) is 0 Å². The molecule has 0 aromatic rings. The Labute approximate surface area is 113 Å². The molecule has 0 N–H and O–H groups in total. The highest BCUT2D eigenvalue weighted by molar-refractivity contribution is 5.76. The molecule has 7 heteroatoms. The van der Waals surface area contributed by atoms with Gasteiger partial charge in [0.15, 0.2) is 0 Å². The highest BCUT2D eigenvalue weighted by atomic mass is 16.8. The van der Waals surface area contributed by atoms with Gasteiger partial charge in [-0.15, -0.1) is 0 Å². The minimum absolute atomic E-state index is 0.0321. The van der Waals surface area contributed by atoms with E-state index in [9.17, 15) is 9.59 Å². The van der Waals surface area contributed by atoms with Crippen LogP contribution in [0.25, 0.3) is 0 Å². The lowest BCUT2D eigenvalue weighted by molar-refractivity contribution is 0.0206. The van der Waals surface area contributed by atoms with E-state index >= 15 is 0 Å². The highest BCUT2D eigenvalue weighted by Crippen LogP contribution is 1.99.